The number of allylic oxidation sites excluding steroid dienone is 1. The zero-order valence-corrected chi connectivity index (χ0v) is 11.9. The number of hydrogen-bond donors (Lipinski definition) is 2. The molecule has 2 rings (SSSR count). The Bertz CT molecular complexity index is 409. The van der Waals surface area contributed by atoms with Gasteiger partial charge in [-0.1, -0.05) is 42.0 Å². The second kappa shape index (κ2) is 6.88. The summed E-state index contributed by atoms with van der Waals surface area (Å²) in [7, 11) is 0. The smallest absolute Gasteiger partial charge is 0.0992 e. The fourth-order valence-corrected chi connectivity index (χ4v) is 2.61. The van der Waals surface area contributed by atoms with Crippen LogP contribution < -0.4 is 5.32 Å². The summed E-state index contributed by atoms with van der Waals surface area (Å²) in [4.78, 5) is 0. The molecule has 104 valence electrons. The quantitative estimate of drug-likeness (QED) is 0.606. The van der Waals surface area contributed by atoms with Crippen LogP contribution >= 0.6 is 0 Å². The van der Waals surface area contributed by atoms with Gasteiger partial charge in [0.25, 0.3) is 0 Å². The molecule has 0 saturated heterocycles. The van der Waals surface area contributed by atoms with Crippen LogP contribution in [0.1, 0.15) is 44.6 Å². The molecular weight excluding hydrogens is 234 g/mol. The maximum Gasteiger partial charge on any atom is 0.0992 e. The van der Waals surface area contributed by atoms with E-state index in [4.69, 9.17) is 0 Å². The monoisotopic (exact) mass is 259 g/mol. The Balaban J connectivity index is 1.74. The van der Waals surface area contributed by atoms with Crippen LogP contribution in [0.2, 0.25) is 0 Å². The largest absolute Gasteiger partial charge is 0.384 e. The van der Waals surface area contributed by atoms with E-state index >= 15 is 0 Å². The summed E-state index contributed by atoms with van der Waals surface area (Å²) in [5.74, 6) is 0. The molecule has 0 aliphatic heterocycles. The molecule has 0 spiro atoms. The van der Waals surface area contributed by atoms with Gasteiger partial charge in [0.15, 0.2) is 0 Å². The minimum Gasteiger partial charge on any atom is -0.384 e. The third kappa shape index (κ3) is 4.48. The molecule has 0 radical (unpaired) electrons. The van der Waals surface area contributed by atoms with Crippen molar-refractivity contribution >= 4 is 0 Å². The lowest BCUT2D eigenvalue weighted by Gasteiger charge is -2.24. The van der Waals surface area contributed by atoms with Crippen LogP contribution in [0.5, 0.6) is 0 Å². The third-order valence-electron chi connectivity index (χ3n) is 3.87. The molecule has 0 heterocycles. The van der Waals surface area contributed by atoms with Crippen molar-refractivity contribution in [3.63, 3.8) is 0 Å². The predicted octanol–water partition coefficient (Wildman–Crippen LogP) is 3.37. The van der Waals surface area contributed by atoms with Crippen LogP contribution in [0.25, 0.3) is 0 Å². The summed E-state index contributed by atoms with van der Waals surface area (Å²) < 4.78 is 0. The van der Waals surface area contributed by atoms with E-state index < -0.39 is 5.60 Å². The number of aliphatic hydroxyl groups is 1. The first kappa shape index (κ1) is 14.3. The van der Waals surface area contributed by atoms with Gasteiger partial charge in [-0.05, 0) is 51.1 Å². The van der Waals surface area contributed by atoms with E-state index in [-0.39, 0.29) is 0 Å². The molecule has 1 aliphatic rings. The highest BCUT2D eigenvalue weighted by atomic mass is 16.3. The molecule has 2 nitrogen and oxygen atoms in total. The van der Waals surface area contributed by atoms with E-state index in [9.17, 15) is 5.11 Å². The molecule has 0 aromatic heterocycles. The van der Waals surface area contributed by atoms with Crippen LogP contribution in [0, 0.1) is 0 Å². The van der Waals surface area contributed by atoms with Gasteiger partial charge < -0.3 is 10.4 Å². The number of benzene rings is 1. The average Bonchev–Trinajstić information content (AvgIpc) is 2.46. The molecule has 2 N–H and O–H groups in total. The normalized spacial score (nSPS) is 18.7. The summed E-state index contributed by atoms with van der Waals surface area (Å²) in [5, 5.41) is 13.8. The number of nitrogens with one attached hydrogen (secondary N) is 1. The van der Waals surface area contributed by atoms with Gasteiger partial charge in [0.2, 0.25) is 0 Å². The molecule has 1 aliphatic carbocycles. The van der Waals surface area contributed by atoms with Crippen molar-refractivity contribution in [1.29, 1.82) is 0 Å². The van der Waals surface area contributed by atoms with Gasteiger partial charge in [0.1, 0.15) is 0 Å². The molecule has 1 aromatic carbocycles. The molecule has 1 unspecified atom stereocenters. The summed E-state index contributed by atoms with van der Waals surface area (Å²) in [6.07, 6.45) is 8.70. The third-order valence-corrected chi connectivity index (χ3v) is 3.87. The van der Waals surface area contributed by atoms with Crippen molar-refractivity contribution in [2.75, 3.05) is 13.1 Å². The van der Waals surface area contributed by atoms with Crippen molar-refractivity contribution in [3.8, 4) is 0 Å². The van der Waals surface area contributed by atoms with Crippen LogP contribution in [-0.4, -0.2) is 18.2 Å². The van der Waals surface area contributed by atoms with E-state index in [1.54, 1.807) is 5.57 Å². The van der Waals surface area contributed by atoms with Gasteiger partial charge in [-0.25, -0.2) is 0 Å². The standard InChI is InChI=1S/C17H25NO/c1-17(19,16-10-6-3-7-11-16)14-18-13-12-15-8-4-2-5-9-15/h3,6-8,10-11,18-19H,2,4-5,9,12-14H2,1H3. The van der Waals surface area contributed by atoms with Crippen molar-refractivity contribution in [2.24, 2.45) is 0 Å². The summed E-state index contributed by atoms with van der Waals surface area (Å²) in [6, 6.07) is 9.87. The molecule has 2 heteroatoms. The topological polar surface area (TPSA) is 32.3 Å². The molecule has 0 bridgehead atoms. The van der Waals surface area contributed by atoms with E-state index in [2.05, 4.69) is 11.4 Å². The lowest BCUT2D eigenvalue weighted by atomic mass is 9.95. The molecule has 0 saturated carbocycles. The van der Waals surface area contributed by atoms with Gasteiger partial charge in [0, 0.05) is 6.54 Å². The van der Waals surface area contributed by atoms with Gasteiger partial charge >= 0.3 is 0 Å². The highest BCUT2D eigenvalue weighted by Crippen LogP contribution is 2.21. The Morgan fingerprint density at radius 2 is 2.00 bits per heavy atom. The zero-order valence-electron chi connectivity index (χ0n) is 11.9. The zero-order chi connectivity index (χ0) is 13.6. The number of hydrogen-bond acceptors (Lipinski definition) is 2. The Labute approximate surface area is 116 Å². The molecule has 0 amide bonds. The van der Waals surface area contributed by atoms with E-state index in [1.807, 2.05) is 37.3 Å². The first-order chi connectivity index (χ1) is 9.18. The van der Waals surface area contributed by atoms with Crippen molar-refractivity contribution < 1.29 is 5.11 Å². The minimum absolute atomic E-state index is 0.601. The van der Waals surface area contributed by atoms with Gasteiger partial charge in [-0.15, -0.1) is 0 Å². The summed E-state index contributed by atoms with van der Waals surface area (Å²) >= 11 is 0. The average molecular weight is 259 g/mol. The van der Waals surface area contributed by atoms with Crippen LogP contribution in [-0.2, 0) is 5.60 Å². The van der Waals surface area contributed by atoms with Crippen LogP contribution in [0.15, 0.2) is 42.0 Å². The van der Waals surface area contributed by atoms with E-state index in [0.29, 0.717) is 6.54 Å². The fourth-order valence-electron chi connectivity index (χ4n) is 2.61. The lowest BCUT2D eigenvalue weighted by Crippen LogP contribution is -2.35. The highest BCUT2D eigenvalue weighted by Gasteiger charge is 2.21. The van der Waals surface area contributed by atoms with E-state index in [0.717, 1.165) is 18.5 Å². The molecule has 0 fully saturated rings. The second-order valence-corrected chi connectivity index (χ2v) is 5.67. The van der Waals surface area contributed by atoms with Crippen LogP contribution in [0.3, 0.4) is 0 Å². The predicted molar refractivity (Wildman–Crippen MR) is 80.1 cm³/mol. The van der Waals surface area contributed by atoms with E-state index in [1.165, 1.54) is 25.7 Å². The Morgan fingerprint density at radius 3 is 2.68 bits per heavy atom. The number of rotatable bonds is 6. The second-order valence-electron chi connectivity index (χ2n) is 5.67. The minimum atomic E-state index is -0.789. The maximum absolute atomic E-state index is 10.4. The van der Waals surface area contributed by atoms with Gasteiger partial charge in [-0.2, -0.15) is 0 Å². The van der Waals surface area contributed by atoms with Crippen molar-refractivity contribution in [3.05, 3.63) is 47.5 Å². The molecule has 1 atom stereocenters. The van der Waals surface area contributed by atoms with Crippen molar-refractivity contribution in [1.82, 2.24) is 5.32 Å². The SMILES string of the molecule is CC(O)(CNCCC1=CCCCC1)c1ccccc1. The molecular formula is C17H25NO. The molecule has 1 aromatic rings. The summed E-state index contributed by atoms with van der Waals surface area (Å²) in [5.41, 5.74) is 1.76. The Kier molecular flexibility index (Phi) is 5.17. The Morgan fingerprint density at radius 1 is 1.21 bits per heavy atom. The van der Waals surface area contributed by atoms with Crippen LogP contribution in [0.4, 0.5) is 0 Å². The lowest BCUT2D eigenvalue weighted by molar-refractivity contribution is 0.0573. The first-order valence-corrected chi connectivity index (χ1v) is 7.35. The summed E-state index contributed by atoms with van der Waals surface area (Å²) in [6.45, 7) is 3.42. The van der Waals surface area contributed by atoms with Gasteiger partial charge in [0.05, 0.1) is 5.60 Å². The maximum atomic E-state index is 10.4. The van der Waals surface area contributed by atoms with Crippen molar-refractivity contribution in [2.45, 2.75) is 44.6 Å². The van der Waals surface area contributed by atoms with Gasteiger partial charge in [-0.3, -0.25) is 0 Å². The Hall–Kier alpha value is -1.12. The fraction of sp³-hybridized carbons (Fsp3) is 0.529. The highest BCUT2D eigenvalue weighted by molar-refractivity contribution is 5.21. The molecule has 19 heavy (non-hydrogen) atoms. The first-order valence-electron chi connectivity index (χ1n) is 7.35.